The van der Waals surface area contributed by atoms with Crippen LogP contribution in [0.25, 0.3) is 0 Å². The van der Waals surface area contributed by atoms with Crippen molar-refractivity contribution in [2.75, 3.05) is 0 Å². The first-order valence-electron chi connectivity index (χ1n) is 5.63. The number of fused-ring (bicyclic) bond motifs is 1. The molecule has 0 spiro atoms. The third-order valence-electron chi connectivity index (χ3n) is 2.71. The summed E-state index contributed by atoms with van der Waals surface area (Å²) >= 11 is 4.77. The van der Waals surface area contributed by atoms with Crippen LogP contribution < -0.4 is 9.47 Å². The van der Waals surface area contributed by atoms with Crippen LogP contribution in [0.2, 0.25) is 0 Å². The molecule has 5 heteroatoms. The first-order chi connectivity index (χ1) is 8.53. The highest BCUT2D eigenvalue weighted by atomic mass is 79.9. The number of halogens is 1. The lowest BCUT2D eigenvalue weighted by Crippen LogP contribution is -2.24. The van der Waals surface area contributed by atoms with Gasteiger partial charge in [-0.2, -0.15) is 4.98 Å². The van der Waals surface area contributed by atoms with E-state index in [-0.39, 0.29) is 5.60 Å². The Balaban J connectivity index is 1.93. The van der Waals surface area contributed by atoms with Crippen LogP contribution in [0, 0.1) is 0 Å². The van der Waals surface area contributed by atoms with E-state index in [2.05, 4.69) is 40.8 Å². The molecule has 3 nitrogen and oxygen atoms in total. The van der Waals surface area contributed by atoms with E-state index in [0.29, 0.717) is 5.19 Å². The highest BCUT2D eigenvalue weighted by Crippen LogP contribution is 2.43. The van der Waals surface area contributed by atoms with E-state index in [0.717, 1.165) is 22.5 Å². The number of nitrogens with zero attached hydrogens (tertiary/aromatic N) is 1. The Morgan fingerprint density at radius 2 is 2.28 bits per heavy atom. The van der Waals surface area contributed by atoms with Gasteiger partial charge in [0.1, 0.15) is 10.2 Å². The van der Waals surface area contributed by atoms with Gasteiger partial charge in [-0.1, -0.05) is 23.5 Å². The fraction of sp³-hybridized carbons (Fsp3) is 0.308. The van der Waals surface area contributed by atoms with Gasteiger partial charge < -0.3 is 9.47 Å². The lowest BCUT2D eigenvalue weighted by molar-refractivity contribution is 0.135. The number of para-hydroxylation sites is 1. The number of ether oxygens (including phenoxy) is 2. The summed E-state index contributed by atoms with van der Waals surface area (Å²) in [6.45, 7) is 4.16. The minimum absolute atomic E-state index is 0.161. The second-order valence-corrected chi connectivity index (χ2v) is 6.45. The molecule has 2 heterocycles. The van der Waals surface area contributed by atoms with Crippen LogP contribution in [0.4, 0.5) is 0 Å². The maximum atomic E-state index is 5.94. The average molecular weight is 326 g/mol. The highest BCUT2D eigenvalue weighted by molar-refractivity contribution is 9.10. The van der Waals surface area contributed by atoms with E-state index in [1.54, 1.807) is 0 Å². The van der Waals surface area contributed by atoms with Crippen LogP contribution in [0.1, 0.15) is 19.4 Å². The van der Waals surface area contributed by atoms with E-state index in [4.69, 9.17) is 9.47 Å². The molecule has 0 aliphatic carbocycles. The Morgan fingerprint density at radius 1 is 1.44 bits per heavy atom. The molecule has 1 aromatic heterocycles. The maximum Gasteiger partial charge on any atom is 0.279 e. The lowest BCUT2D eigenvalue weighted by atomic mass is 10.0. The molecule has 1 aliphatic rings. The van der Waals surface area contributed by atoms with Gasteiger partial charge in [-0.25, -0.2) is 0 Å². The third-order valence-corrected chi connectivity index (χ3v) is 4.13. The smallest absolute Gasteiger partial charge is 0.279 e. The number of aromatic nitrogens is 1. The molecule has 0 bridgehead atoms. The first-order valence-corrected chi connectivity index (χ1v) is 7.30. The summed E-state index contributed by atoms with van der Waals surface area (Å²) in [6.07, 6.45) is 0.904. The first kappa shape index (κ1) is 12.0. The van der Waals surface area contributed by atoms with Gasteiger partial charge in [0.15, 0.2) is 11.5 Å². The van der Waals surface area contributed by atoms with Crippen LogP contribution in [-0.4, -0.2) is 10.6 Å². The highest BCUT2D eigenvalue weighted by Gasteiger charge is 2.32. The summed E-state index contributed by atoms with van der Waals surface area (Å²) in [5.41, 5.74) is 1.03. The molecule has 2 aromatic rings. The normalized spacial score (nSPS) is 16.2. The zero-order chi connectivity index (χ0) is 12.8. The summed E-state index contributed by atoms with van der Waals surface area (Å²) in [5.74, 6) is 1.58. The van der Waals surface area contributed by atoms with Gasteiger partial charge in [0, 0.05) is 17.4 Å². The molecular formula is C13H12BrNO2S. The quantitative estimate of drug-likeness (QED) is 0.819. The van der Waals surface area contributed by atoms with Crippen molar-refractivity contribution in [3.05, 3.63) is 33.7 Å². The Bertz CT molecular complexity index is 594. The second kappa shape index (κ2) is 4.24. The topological polar surface area (TPSA) is 31.4 Å². The van der Waals surface area contributed by atoms with Crippen molar-refractivity contribution in [3.8, 4) is 16.7 Å². The zero-order valence-corrected chi connectivity index (χ0v) is 12.5. The summed E-state index contributed by atoms with van der Waals surface area (Å²) in [6, 6.07) is 5.98. The molecule has 3 rings (SSSR count). The predicted octanol–water partition coefficient (Wildman–Crippen LogP) is 4.41. The van der Waals surface area contributed by atoms with Crippen LogP contribution in [0.15, 0.2) is 28.2 Å². The van der Waals surface area contributed by atoms with Crippen LogP contribution in [-0.2, 0) is 6.42 Å². The summed E-state index contributed by atoms with van der Waals surface area (Å²) in [7, 11) is 0. The molecule has 1 aliphatic heterocycles. The summed E-state index contributed by atoms with van der Waals surface area (Å²) < 4.78 is 12.5. The maximum absolute atomic E-state index is 5.94. The van der Waals surface area contributed by atoms with E-state index < -0.39 is 0 Å². The number of rotatable bonds is 2. The molecule has 0 saturated heterocycles. The Hall–Kier alpha value is -1.07. The standard InChI is InChI=1S/C13H12BrNO2S/c1-13(2)6-8-4-3-5-9(11(8)17-13)16-12-15-10(14)7-18-12/h3-5,7H,6H2,1-2H3. The Labute approximate surface area is 118 Å². The SMILES string of the molecule is CC1(C)Cc2cccc(Oc3nc(Br)cs3)c2O1. The van der Waals surface area contributed by atoms with Crippen molar-refractivity contribution in [2.24, 2.45) is 0 Å². The number of hydrogen-bond acceptors (Lipinski definition) is 4. The molecule has 0 amide bonds. The minimum Gasteiger partial charge on any atom is -0.483 e. The largest absolute Gasteiger partial charge is 0.483 e. The van der Waals surface area contributed by atoms with Crippen molar-refractivity contribution in [2.45, 2.75) is 25.9 Å². The van der Waals surface area contributed by atoms with E-state index in [9.17, 15) is 0 Å². The molecule has 18 heavy (non-hydrogen) atoms. The Morgan fingerprint density at radius 3 is 3.00 bits per heavy atom. The van der Waals surface area contributed by atoms with E-state index in [1.165, 1.54) is 16.9 Å². The molecule has 0 atom stereocenters. The lowest BCUT2D eigenvalue weighted by Gasteiger charge is -2.17. The fourth-order valence-corrected chi connectivity index (χ4v) is 3.15. The monoisotopic (exact) mass is 325 g/mol. The van der Waals surface area contributed by atoms with Crippen molar-refractivity contribution in [1.29, 1.82) is 0 Å². The molecule has 0 fully saturated rings. The van der Waals surface area contributed by atoms with E-state index >= 15 is 0 Å². The molecule has 0 N–H and O–H groups in total. The van der Waals surface area contributed by atoms with Crippen LogP contribution >= 0.6 is 27.3 Å². The number of hydrogen-bond donors (Lipinski definition) is 0. The predicted molar refractivity (Wildman–Crippen MR) is 74.7 cm³/mol. The van der Waals surface area contributed by atoms with Crippen LogP contribution in [0.3, 0.4) is 0 Å². The van der Waals surface area contributed by atoms with Gasteiger partial charge in [0.25, 0.3) is 5.19 Å². The Kier molecular flexibility index (Phi) is 2.83. The van der Waals surface area contributed by atoms with Gasteiger partial charge in [0.2, 0.25) is 0 Å². The number of thiazole rings is 1. The number of benzene rings is 1. The van der Waals surface area contributed by atoms with E-state index in [1.807, 2.05) is 17.5 Å². The van der Waals surface area contributed by atoms with Gasteiger partial charge >= 0.3 is 0 Å². The van der Waals surface area contributed by atoms with Gasteiger partial charge in [-0.15, -0.1) is 0 Å². The average Bonchev–Trinajstić information content (AvgIpc) is 2.81. The van der Waals surface area contributed by atoms with Crippen molar-refractivity contribution >= 4 is 27.3 Å². The molecule has 0 unspecified atom stereocenters. The van der Waals surface area contributed by atoms with Crippen molar-refractivity contribution < 1.29 is 9.47 Å². The molecular weight excluding hydrogens is 314 g/mol. The van der Waals surface area contributed by atoms with Gasteiger partial charge in [-0.3, -0.25) is 0 Å². The zero-order valence-electron chi connectivity index (χ0n) is 10.1. The minimum atomic E-state index is -0.161. The molecule has 0 radical (unpaired) electrons. The molecule has 94 valence electrons. The third kappa shape index (κ3) is 2.24. The van der Waals surface area contributed by atoms with Crippen molar-refractivity contribution in [1.82, 2.24) is 4.98 Å². The fourth-order valence-electron chi connectivity index (χ4n) is 2.05. The molecule has 0 saturated carbocycles. The summed E-state index contributed by atoms with van der Waals surface area (Å²) in [5, 5.41) is 2.51. The summed E-state index contributed by atoms with van der Waals surface area (Å²) in [4.78, 5) is 4.23. The van der Waals surface area contributed by atoms with Gasteiger partial charge in [0.05, 0.1) is 0 Å². The van der Waals surface area contributed by atoms with Crippen molar-refractivity contribution in [3.63, 3.8) is 0 Å². The second-order valence-electron chi connectivity index (χ2n) is 4.82. The van der Waals surface area contributed by atoms with Gasteiger partial charge in [-0.05, 0) is 35.8 Å². The van der Waals surface area contributed by atoms with Crippen LogP contribution in [0.5, 0.6) is 16.7 Å². The molecule has 1 aromatic carbocycles.